The minimum atomic E-state index is 0.491. The molecule has 16 aromatic rings. The Kier molecular flexibility index (Phi) is 22.3. The molecule has 110 heavy (non-hydrogen) atoms. The number of rotatable bonds is 13. The molecule has 0 spiro atoms. The summed E-state index contributed by atoms with van der Waals surface area (Å²) >= 11 is 24.6. The summed E-state index contributed by atoms with van der Waals surface area (Å²) in [6.45, 7) is 0.825. The van der Waals surface area contributed by atoms with Crippen LogP contribution in [0.2, 0.25) is 20.1 Å². The molecule has 19 rings (SSSR count). The molecule has 0 radical (unpaired) electrons. The number of nitrogens with zero attached hydrogens (tertiary/aromatic N) is 15. The fourth-order valence-corrected chi connectivity index (χ4v) is 17.4. The van der Waals surface area contributed by atoms with Gasteiger partial charge >= 0.3 is 0 Å². The van der Waals surface area contributed by atoms with Crippen LogP contribution in [0.4, 0.5) is 5.82 Å². The number of halogens is 4. The smallest absolute Gasteiger partial charge is 0.221 e. The van der Waals surface area contributed by atoms with Crippen molar-refractivity contribution >= 4 is 95.8 Å². The van der Waals surface area contributed by atoms with E-state index >= 15 is 0 Å². The Morgan fingerprint density at radius 3 is 1.14 bits per heavy atom. The van der Waals surface area contributed by atoms with Gasteiger partial charge in [0.05, 0.1) is 69.6 Å². The van der Waals surface area contributed by atoms with E-state index in [0.717, 1.165) is 88.9 Å². The Morgan fingerprint density at radius 2 is 0.745 bits per heavy atom. The number of anilines is 1. The summed E-state index contributed by atoms with van der Waals surface area (Å²) in [7, 11) is 4.17. The Hall–Kier alpha value is -10.9. The molecule has 0 bridgehead atoms. The van der Waals surface area contributed by atoms with Crippen molar-refractivity contribution in [2.45, 2.75) is 121 Å². The number of pyridine rings is 7. The van der Waals surface area contributed by atoms with Gasteiger partial charge in [0.25, 0.3) is 0 Å². The molecule has 3 N–H and O–H groups in total. The summed E-state index contributed by atoms with van der Waals surface area (Å²) in [4.78, 5) is 32.8. The third-order valence-corrected chi connectivity index (χ3v) is 22.7. The van der Waals surface area contributed by atoms with Crippen molar-refractivity contribution in [3.8, 4) is 68.0 Å². The summed E-state index contributed by atoms with van der Waals surface area (Å²) in [6, 6.07) is 52.6. The maximum absolute atomic E-state index is 6.17. The Balaban J connectivity index is 0.000000111. The molecular weight excluding hydrogens is 1450 g/mol. The highest BCUT2D eigenvalue weighted by Gasteiger charge is 2.32. The van der Waals surface area contributed by atoms with Gasteiger partial charge in [0.15, 0.2) is 0 Å². The summed E-state index contributed by atoms with van der Waals surface area (Å²) < 4.78 is 9.08. The molecule has 3 saturated carbocycles. The summed E-state index contributed by atoms with van der Waals surface area (Å²) in [5.41, 5.74) is 27.9. The van der Waals surface area contributed by atoms with Crippen molar-refractivity contribution in [2.24, 2.45) is 0 Å². The summed E-state index contributed by atoms with van der Waals surface area (Å²) in [5.74, 6) is 2.75. The molecular formula is C89H83Cl4N17. The molecule has 21 heteroatoms. The van der Waals surface area contributed by atoms with Crippen LogP contribution in [0.1, 0.15) is 136 Å². The highest BCUT2D eigenvalue weighted by atomic mass is 35.5. The number of aromatic nitrogens is 15. The van der Waals surface area contributed by atoms with E-state index in [4.69, 9.17) is 52.1 Å². The largest absolute Gasteiger partial charge is 0.384 e. The molecule has 17 nitrogen and oxygen atoms in total. The van der Waals surface area contributed by atoms with Crippen molar-refractivity contribution in [1.29, 1.82) is 0 Å². The van der Waals surface area contributed by atoms with Crippen LogP contribution in [0.25, 0.3) is 112 Å². The lowest BCUT2D eigenvalue weighted by molar-refractivity contribution is 0.404. The lowest BCUT2D eigenvalue weighted by Gasteiger charge is -2.23. The molecule has 12 heterocycles. The van der Waals surface area contributed by atoms with Crippen LogP contribution in [-0.4, -0.2) is 92.8 Å². The highest BCUT2D eigenvalue weighted by Crippen LogP contribution is 2.49. The normalized spacial score (nSPS) is 14.3. The van der Waals surface area contributed by atoms with E-state index in [1.54, 1.807) is 6.20 Å². The Bertz CT molecular complexity index is 5770. The van der Waals surface area contributed by atoms with Gasteiger partial charge in [0, 0.05) is 149 Å². The quantitative estimate of drug-likeness (QED) is 0.111. The van der Waals surface area contributed by atoms with E-state index in [9.17, 15) is 0 Å². The van der Waals surface area contributed by atoms with Crippen molar-refractivity contribution in [3.05, 3.63) is 281 Å². The van der Waals surface area contributed by atoms with Gasteiger partial charge in [-0.25, -0.2) is 4.98 Å². The van der Waals surface area contributed by atoms with Gasteiger partial charge in [-0.15, -0.1) is 10.2 Å². The molecule has 0 atom stereocenters. The van der Waals surface area contributed by atoms with Gasteiger partial charge in [-0.3, -0.25) is 29.9 Å². The first kappa shape index (κ1) is 73.2. The zero-order chi connectivity index (χ0) is 75.0. The number of benzene rings is 4. The van der Waals surface area contributed by atoms with E-state index in [2.05, 4.69) is 166 Å². The molecule has 3 aliphatic carbocycles. The van der Waals surface area contributed by atoms with Crippen LogP contribution in [0.5, 0.6) is 0 Å². The second kappa shape index (κ2) is 33.5. The van der Waals surface area contributed by atoms with E-state index in [-0.39, 0.29) is 0 Å². The Labute approximate surface area is 659 Å². The van der Waals surface area contributed by atoms with Gasteiger partial charge in [0.1, 0.15) is 5.82 Å². The third kappa shape index (κ3) is 15.3. The monoisotopic (exact) mass is 1530 g/mol. The summed E-state index contributed by atoms with van der Waals surface area (Å²) in [6.07, 6.45) is 43.6. The number of hydrogen-bond acceptors (Lipinski definition) is 12. The van der Waals surface area contributed by atoms with Gasteiger partial charge in [0.2, 0.25) is 5.82 Å². The number of H-pyrrole nitrogens is 1. The van der Waals surface area contributed by atoms with Gasteiger partial charge in [-0.1, -0.05) is 104 Å². The molecule has 4 aromatic carbocycles. The predicted octanol–water partition coefficient (Wildman–Crippen LogP) is 22.9. The fourth-order valence-electron chi connectivity index (χ4n) is 16.9. The minimum absolute atomic E-state index is 0.491. The number of fused-ring (bicyclic) bond motifs is 4. The van der Waals surface area contributed by atoms with Crippen LogP contribution < -0.4 is 5.73 Å². The van der Waals surface area contributed by atoms with E-state index in [0.29, 0.717) is 34.4 Å². The molecule has 0 saturated heterocycles. The highest BCUT2D eigenvalue weighted by molar-refractivity contribution is 6.31. The molecule has 3 aliphatic rings. The van der Waals surface area contributed by atoms with Crippen LogP contribution in [0.3, 0.4) is 0 Å². The van der Waals surface area contributed by atoms with Crippen LogP contribution >= 0.6 is 46.4 Å². The first-order valence-corrected chi connectivity index (χ1v) is 39.4. The maximum atomic E-state index is 6.17. The number of nitrogen functional groups attached to an aromatic ring is 1. The number of nitrogens with one attached hydrogen (secondary N) is 1. The van der Waals surface area contributed by atoms with Crippen LogP contribution in [-0.2, 0) is 6.54 Å². The first-order chi connectivity index (χ1) is 54.0. The van der Waals surface area contributed by atoms with Gasteiger partial charge < -0.3 is 28.9 Å². The van der Waals surface area contributed by atoms with Crippen molar-refractivity contribution in [1.82, 2.24) is 78.7 Å². The second-order valence-electron chi connectivity index (χ2n) is 28.9. The number of tetrazole rings is 1. The standard InChI is InChI=1S/C24H23ClN4.C24H22ClN3.C21H19ClN4.C20H19ClN6/c25-18-7-9-19(10-8-18)29-21-15-27-13-12-20(21)23(16-4-2-1-3-5-16)24(29)17-6-11-22(26)28-14-17;25-19-6-8-20(9-7-19)28-22-16-27-15-12-21(22)23(17-4-2-1-3-5-17)24(28)18-10-13-26-14-11-18;1-25(2)14-19-18-9-11-24-13-20(18)26(17-7-5-16(22)6-8-17)21(19)15-4-3-10-23-12-15;21-14-6-8-15(9-7-14)27-17-12-22-11-10-16(17)18(13-4-2-1-3-5-13)19(27)20-23-25-26-24-20/h6-16H,1-5H2,(H2,26,28);6-17H,1-5H2;3-13H,14H2,1-2H3;6-13H,1-5H2,(H,23,24,25,26). The van der Waals surface area contributed by atoms with Crippen LogP contribution in [0.15, 0.2) is 238 Å². The molecule has 3 fully saturated rings. The molecule has 0 aliphatic heterocycles. The number of hydrogen-bond donors (Lipinski definition) is 2. The molecule has 0 amide bonds. The molecule has 12 aromatic heterocycles. The molecule has 552 valence electrons. The first-order valence-electron chi connectivity index (χ1n) is 37.9. The van der Waals surface area contributed by atoms with E-state index in [1.807, 2.05) is 159 Å². The zero-order valence-corrected chi connectivity index (χ0v) is 64.4. The number of nitrogens with two attached hydrogens (primary N) is 1. The average Bonchev–Trinajstić information content (AvgIpc) is 1.62. The van der Waals surface area contributed by atoms with Gasteiger partial charge in [-0.2, -0.15) is 5.21 Å². The molecule has 0 unspecified atom stereocenters. The number of aromatic amines is 1. The predicted molar refractivity (Wildman–Crippen MR) is 446 cm³/mol. The minimum Gasteiger partial charge on any atom is -0.384 e. The fraction of sp³-hybridized carbons (Fsp3) is 0.236. The summed E-state index contributed by atoms with van der Waals surface area (Å²) in [5, 5.41) is 23.0. The SMILES string of the molecule is CN(C)Cc1c(-c2cccnc2)n(-c2ccc(Cl)cc2)c2cnccc12.Clc1ccc(-n2c(-c3ccncc3)c(C3CCCCC3)c3ccncc32)cc1.Clc1ccc(-n2c(-c3nn[nH]n3)c(C3CCCCC3)c3ccncc32)cc1.Nc1ccc(-c2c(C3CCCCC3)c3ccncc3n2-c2ccc(Cl)cc2)cn1. The Morgan fingerprint density at radius 1 is 0.373 bits per heavy atom. The third-order valence-electron chi connectivity index (χ3n) is 21.7. The lowest BCUT2D eigenvalue weighted by Crippen LogP contribution is -2.11. The lowest BCUT2D eigenvalue weighted by atomic mass is 9.82. The van der Waals surface area contributed by atoms with Crippen LogP contribution in [0, 0.1) is 0 Å². The maximum Gasteiger partial charge on any atom is 0.221 e. The average molecular weight is 1530 g/mol. The van der Waals surface area contributed by atoms with E-state index < -0.39 is 0 Å². The zero-order valence-electron chi connectivity index (χ0n) is 61.4. The van der Waals surface area contributed by atoms with Gasteiger partial charge in [-0.05, 0) is 250 Å². The van der Waals surface area contributed by atoms with E-state index in [1.165, 1.54) is 157 Å². The topological polar surface area (TPSA) is 194 Å². The van der Waals surface area contributed by atoms with Crippen molar-refractivity contribution < 1.29 is 0 Å². The van der Waals surface area contributed by atoms with Crippen molar-refractivity contribution in [2.75, 3.05) is 19.8 Å². The van der Waals surface area contributed by atoms with Crippen molar-refractivity contribution in [3.63, 3.8) is 0 Å². The second-order valence-corrected chi connectivity index (χ2v) is 30.6.